The summed E-state index contributed by atoms with van der Waals surface area (Å²) in [6, 6.07) is 5.43. The van der Waals surface area contributed by atoms with E-state index in [4.69, 9.17) is 17.3 Å². The van der Waals surface area contributed by atoms with E-state index in [-0.39, 0.29) is 23.2 Å². The zero-order valence-electron chi connectivity index (χ0n) is 10.2. The Kier molecular flexibility index (Phi) is 4.74. The molecule has 0 saturated carbocycles. The summed E-state index contributed by atoms with van der Waals surface area (Å²) >= 11 is 7.23. The van der Waals surface area contributed by atoms with Gasteiger partial charge < -0.3 is 11.1 Å². The molecule has 0 aliphatic carbocycles. The van der Waals surface area contributed by atoms with Gasteiger partial charge in [-0.2, -0.15) is 0 Å². The van der Waals surface area contributed by atoms with Gasteiger partial charge in [0.25, 0.3) is 5.91 Å². The molecule has 3 nitrogen and oxygen atoms in total. The summed E-state index contributed by atoms with van der Waals surface area (Å²) in [7, 11) is 0. The summed E-state index contributed by atoms with van der Waals surface area (Å²) in [6.07, 6.45) is 0. The number of benzene rings is 1. The third-order valence-electron chi connectivity index (χ3n) is 2.35. The Bertz CT molecular complexity index is 703. The maximum Gasteiger partial charge on any atom is 0.256 e. The second-order valence-corrected chi connectivity index (χ2v) is 5.10. The van der Waals surface area contributed by atoms with Crippen LogP contribution in [-0.4, -0.2) is 12.5 Å². The second kappa shape index (κ2) is 6.53. The highest BCUT2D eigenvalue weighted by Crippen LogP contribution is 2.23. The largest absolute Gasteiger partial charge is 0.321 e. The molecule has 1 amide bonds. The Hall–Kier alpha value is -1.87. The number of hydrogen-bond donors (Lipinski definition) is 2. The third-order valence-corrected chi connectivity index (χ3v) is 3.53. The van der Waals surface area contributed by atoms with Crippen LogP contribution in [0.5, 0.6) is 0 Å². The predicted molar refractivity (Wildman–Crippen MR) is 79.6 cm³/mol. The summed E-state index contributed by atoms with van der Waals surface area (Å²) in [5, 5.41) is 4.51. The SMILES string of the molecule is NCC#Cc1cc(C(=O)Nc2cc(F)ccc2Cl)cs1. The molecule has 0 fully saturated rings. The van der Waals surface area contributed by atoms with Crippen molar-refractivity contribution in [3.05, 3.63) is 50.9 Å². The molecule has 0 unspecified atom stereocenters. The van der Waals surface area contributed by atoms with E-state index in [1.54, 1.807) is 11.4 Å². The number of hydrogen-bond acceptors (Lipinski definition) is 3. The molecule has 2 aromatic rings. The average molecular weight is 309 g/mol. The molecule has 102 valence electrons. The maximum atomic E-state index is 13.1. The lowest BCUT2D eigenvalue weighted by Gasteiger charge is -2.05. The lowest BCUT2D eigenvalue weighted by atomic mass is 10.2. The smallest absolute Gasteiger partial charge is 0.256 e. The normalized spacial score (nSPS) is 9.75. The van der Waals surface area contributed by atoms with Crippen LogP contribution in [0, 0.1) is 17.7 Å². The van der Waals surface area contributed by atoms with Gasteiger partial charge in [-0.3, -0.25) is 4.79 Å². The number of carbonyl (C=O) groups excluding carboxylic acids is 1. The summed E-state index contributed by atoms with van der Waals surface area (Å²) < 4.78 is 13.1. The highest BCUT2D eigenvalue weighted by Gasteiger charge is 2.11. The third kappa shape index (κ3) is 3.58. The molecule has 0 saturated heterocycles. The Balaban J connectivity index is 2.15. The first-order valence-electron chi connectivity index (χ1n) is 5.64. The predicted octanol–water partition coefficient (Wildman–Crippen LogP) is 3.10. The van der Waals surface area contributed by atoms with Crippen molar-refractivity contribution in [3.8, 4) is 11.8 Å². The van der Waals surface area contributed by atoms with Crippen molar-refractivity contribution >= 4 is 34.5 Å². The van der Waals surface area contributed by atoms with E-state index in [1.807, 2.05) is 0 Å². The molecule has 0 spiro atoms. The monoisotopic (exact) mass is 308 g/mol. The van der Waals surface area contributed by atoms with Crippen molar-refractivity contribution in [1.82, 2.24) is 0 Å². The summed E-state index contributed by atoms with van der Waals surface area (Å²) in [6.45, 7) is 0.262. The van der Waals surface area contributed by atoms with Crippen LogP contribution in [-0.2, 0) is 0 Å². The van der Waals surface area contributed by atoms with Crippen molar-refractivity contribution in [2.24, 2.45) is 5.73 Å². The van der Waals surface area contributed by atoms with E-state index in [0.717, 1.165) is 4.88 Å². The molecule has 1 aromatic heterocycles. The van der Waals surface area contributed by atoms with Crippen molar-refractivity contribution in [1.29, 1.82) is 0 Å². The highest BCUT2D eigenvalue weighted by molar-refractivity contribution is 7.10. The van der Waals surface area contributed by atoms with E-state index in [9.17, 15) is 9.18 Å². The van der Waals surface area contributed by atoms with E-state index >= 15 is 0 Å². The highest BCUT2D eigenvalue weighted by atomic mass is 35.5. The number of amides is 1. The first kappa shape index (κ1) is 14.5. The second-order valence-electron chi connectivity index (χ2n) is 3.78. The average Bonchev–Trinajstić information content (AvgIpc) is 2.89. The topological polar surface area (TPSA) is 55.1 Å². The summed E-state index contributed by atoms with van der Waals surface area (Å²) in [5.41, 5.74) is 5.95. The van der Waals surface area contributed by atoms with Gasteiger partial charge in [0, 0.05) is 5.38 Å². The summed E-state index contributed by atoms with van der Waals surface area (Å²) in [4.78, 5) is 12.7. The molecule has 1 aromatic carbocycles. The van der Waals surface area contributed by atoms with Crippen molar-refractivity contribution in [2.45, 2.75) is 0 Å². The van der Waals surface area contributed by atoms with Crippen LogP contribution in [0.4, 0.5) is 10.1 Å². The zero-order valence-corrected chi connectivity index (χ0v) is 11.8. The number of nitrogens with two attached hydrogens (primary N) is 1. The molecule has 3 N–H and O–H groups in total. The van der Waals surface area contributed by atoms with Gasteiger partial charge in [0.15, 0.2) is 0 Å². The van der Waals surface area contributed by atoms with Crippen LogP contribution in [0.1, 0.15) is 15.2 Å². The number of anilines is 1. The lowest BCUT2D eigenvalue weighted by molar-refractivity contribution is 0.102. The standard InChI is InChI=1S/C14H10ClFN2OS/c15-12-4-3-10(16)7-13(12)18-14(19)9-6-11(20-8-9)2-1-5-17/h3-4,6-8H,5,17H2,(H,18,19). The van der Waals surface area contributed by atoms with E-state index < -0.39 is 5.82 Å². The molecule has 20 heavy (non-hydrogen) atoms. The van der Waals surface area contributed by atoms with Crippen LogP contribution in [0.25, 0.3) is 0 Å². The molecular weight excluding hydrogens is 299 g/mol. The summed E-state index contributed by atoms with van der Waals surface area (Å²) in [5.74, 6) is 4.72. The van der Waals surface area contributed by atoms with Crippen LogP contribution < -0.4 is 11.1 Å². The molecule has 0 aliphatic heterocycles. The minimum absolute atomic E-state index is 0.234. The molecule has 0 atom stereocenters. The zero-order chi connectivity index (χ0) is 14.5. The van der Waals surface area contributed by atoms with Crippen molar-refractivity contribution < 1.29 is 9.18 Å². The molecule has 0 aliphatic rings. The molecular formula is C14H10ClFN2OS. The quantitative estimate of drug-likeness (QED) is 0.838. The fourth-order valence-electron chi connectivity index (χ4n) is 1.45. The van der Waals surface area contributed by atoms with E-state index in [2.05, 4.69) is 17.2 Å². The maximum absolute atomic E-state index is 13.1. The van der Waals surface area contributed by atoms with Gasteiger partial charge in [-0.15, -0.1) is 11.3 Å². The Morgan fingerprint density at radius 1 is 1.45 bits per heavy atom. The van der Waals surface area contributed by atoms with Crippen molar-refractivity contribution in [3.63, 3.8) is 0 Å². The van der Waals surface area contributed by atoms with Crippen LogP contribution in [0.15, 0.2) is 29.6 Å². The number of halogens is 2. The van der Waals surface area contributed by atoms with Gasteiger partial charge in [-0.1, -0.05) is 23.4 Å². The van der Waals surface area contributed by atoms with Crippen molar-refractivity contribution in [2.75, 3.05) is 11.9 Å². The Morgan fingerprint density at radius 3 is 3.00 bits per heavy atom. The molecule has 1 heterocycles. The van der Waals surface area contributed by atoms with Crippen LogP contribution in [0.3, 0.4) is 0 Å². The first-order chi connectivity index (χ1) is 9.60. The molecule has 6 heteroatoms. The van der Waals surface area contributed by atoms with Gasteiger partial charge >= 0.3 is 0 Å². The first-order valence-corrected chi connectivity index (χ1v) is 6.90. The van der Waals surface area contributed by atoms with E-state index in [1.165, 1.54) is 29.5 Å². The van der Waals surface area contributed by atoms with E-state index in [0.29, 0.717) is 5.56 Å². The molecule has 0 bridgehead atoms. The fourth-order valence-corrected chi connectivity index (χ4v) is 2.37. The fraction of sp³-hybridized carbons (Fsp3) is 0.0714. The van der Waals surface area contributed by atoms with Gasteiger partial charge in [0.2, 0.25) is 0 Å². The van der Waals surface area contributed by atoms with Gasteiger partial charge in [-0.05, 0) is 24.3 Å². The van der Waals surface area contributed by atoms with Crippen LogP contribution in [0.2, 0.25) is 5.02 Å². The molecule has 0 radical (unpaired) electrons. The van der Waals surface area contributed by atoms with Gasteiger partial charge in [0.1, 0.15) is 5.82 Å². The Morgan fingerprint density at radius 2 is 2.25 bits per heavy atom. The van der Waals surface area contributed by atoms with Gasteiger partial charge in [0.05, 0.1) is 27.7 Å². The lowest BCUT2D eigenvalue weighted by Crippen LogP contribution is -2.11. The van der Waals surface area contributed by atoms with Crippen LogP contribution >= 0.6 is 22.9 Å². The van der Waals surface area contributed by atoms with Gasteiger partial charge in [-0.25, -0.2) is 4.39 Å². The number of rotatable bonds is 2. The number of nitrogens with one attached hydrogen (secondary N) is 1. The number of thiophene rings is 1. The minimum atomic E-state index is -0.468. The molecule has 2 rings (SSSR count). The Labute approximate surface area is 124 Å². The minimum Gasteiger partial charge on any atom is -0.321 e. The number of carbonyl (C=O) groups is 1.